The van der Waals surface area contributed by atoms with E-state index in [1.807, 2.05) is 30.2 Å². The predicted octanol–water partition coefficient (Wildman–Crippen LogP) is 1.58. The summed E-state index contributed by atoms with van der Waals surface area (Å²) in [6, 6.07) is 2.04. The van der Waals surface area contributed by atoms with E-state index in [4.69, 9.17) is 5.73 Å². The van der Waals surface area contributed by atoms with Crippen molar-refractivity contribution >= 4 is 11.8 Å². The van der Waals surface area contributed by atoms with E-state index in [-0.39, 0.29) is 0 Å². The maximum atomic E-state index is 5.39. The van der Waals surface area contributed by atoms with Crippen molar-refractivity contribution in [3.63, 3.8) is 0 Å². The Balaban J connectivity index is 2.46. The van der Waals surface area contributed by atoms with E-state index in [9.17, 15) is 0 Å². The molecule has 0 spiro atoms. The van der Waals surface area contributed by atoms with Gasteiger partial charge in [-0.05, 0) is 24.1 Å². The second kappa shape index (κ2) is 5.17. The highest BCUT2D eigenvalue weighted by Gasteiger charge is 1.96. The van der Waals surface area contributed by atoms with Crippen LogP contribution in [0.15, 0.2) is 18.5 Å². The number of nitrogens with two attached hydrogens (primary N) is 1. The van der Waals surface area contributed by atoms with Crippen LogP contribution in [0.5, 0.6) is 0 Å². The topological polar surface area (TPSA) is 38.9 Å². The van der Waals surface area contributed by atoms with Crippen LogP contribution in [0.3, 0.4) is 0 Å². The number of hydrogen-bond donors (Lipinski definition) is 1. The van der Waals surface area contributed by atoms with Crippen molar-refractivity contribution in [1.29, 1.82) is 0 Å². The average molecular weight is 182 g/mol. The molecule has 0 aliphatic rings. The molecule has 66 valence electrons. The van der Waals surface area contributed by atoms with Crippen LogP contribution in [0, 0.1) is 6.92 Å². The van der Waals surface area contributed by atoms with Crippen LogP contribution in [0.1, 0.15) is 11.1 Å². The van der Waals surface area contributed by atoms with Gasteiger partial charge < -0.3 is 5.73 Å². The Morgan fingerprint density at radius 1 is 1.58 bits per heavy atom. The monoisotopic (exact) mass is 182 g/mol. The lowest BCUT2D eigenvalue weighted by Crippen LogP contribution is -2.01. The summed E-state index contributed by atoms with van der Waals surface area (Å²) in [5.41, 5.74) is 8.02. The summed E-state index contributed by atoms with van der Waals surface area (Å²) in [6.45, 7) is 2.87. The molecule has 12 heavy (non-hydrogen) atoms. The summed E-state index contributed by atoms with van der Waals surface area (Å²) in [6.07, 6.45) is 3.76. The molecule has 0 fully saturated rings. The number of thioether (sulfide) groups is 1. The van der Waals surface area contributed by atoms with Crippen LogP contribution in [0.4, 0.5) is 0 Å². The van der Waals surface area contributed by atoms with Crippen molar-refractivity contribution in [1.82, 2.24) is 4.98 Å². The fourth-order valence-corrected chi connectivity index (χ4v) is 1.75. The molecule has 1 rings (SSSR count). The van der Waals surface area contributed by atoms with Crippen molar-refractivity contribution in [2.45, 2.75) is 12.7 Å². The highest BCUT2D eigenvalue weighted by molar-refractivity contribution is 7.98. The van der Waals surface area contributed by atoms with Gasteiger partial charge in [-0.2, -0.15) is 11.8 Å². The van der Waals surface area contributed by atoms with E-state index in [0.717, 1.165) is 18.1 Å². The van der Waals surface area contributed by atoms with E-state index in [1.54, 1.807) is 0 Å². The molecule has 0 radical (unpaired) electrons. The Morgan fingerprint density at radius 2 is 2.42 bits per heavy atom. The van der Waals surface area contributed by atoms with Crippen LogP contribution in [0.25, 0.3) is 0 Å². The van der Waals surface area contributed by atoms with E-state index >= 15 is 0 Å². The van der Waals surface area contributed by atoms with Crippen molar-refractivity contribution in [2.24, 2.45) is 5.73 Å². The molecule has 2 nitrogen and oxygen atoms in total. The first-order valence-electron chi connectivity index (χ1n) is 4.02. The molecule has 1 aromatic heterocycles. The van der Waals surface area contributed by atoms with Crippen LogP contribution < -0.4 is 5.73 Å². The normalized spacial score (nSPS) is 10.2. The third-order valence-corrected chi connectivity index (χ3v) is 2.71. The van der Waals surface area contributed by atoms with Gasteiger partial charge in [0.05, 0.1) is 0 Å². The molecule has 3 heteroatoms. The van der Waals surface area contributed by atoms with Gasteiger partial charge in [-0.25, -0.2) is 0 Å². The summed E-state index contributed by atoms with van der Waals surface area (Å²) < 4.78 is 0. The summed E-state index contributed by atoms with van der Waals surface area (Å²) in [5, 5.41) is 0. The second-order valence-corrected chi connectivity index (χ2v) is 3.75. The molecular formula is C9H14N2S. The largest absolute Gasteiger partial charge is 0.330 e. The lowest BCUT2D eigenvalue weighted by molar-refractivity contribution is 1.14. The Kier molecular flexibility index (Phi) is 4.11. The van der Waals surface area contributed by atoms with Crippen molar-refractivity contribution in [2.75, 3.05) is 12.3 Å². The fourth-order valence-electron chi connectivity index (χ4n) is 0.913. The molecule has 0 unspecified atom stereocenters. The van der Waals surface area contributed by atoms with Crippen LogP contribution in [0.2, 0.25) is 0 Å². The Bertz CT molecular complexity index is 238. The highest BCUT2D eigenvalue weighted by Crippen LogP contribution is 2.13. The Hall–Kier alpha value is -0.540. The second-order valence-electron chi connectivity index (χ2n) is 2.64. The molecule has 1 aromatic rings. The van der Waals surface area contributed by atoms with Gasteiger partial charge >= 0.3 is 0 Å². The number of hydrogen-bond acceptors (Lipinski definition) is 3. The van der Waals surface area contributed by atoms with Gasteiger partial charge in [0, 0.05) is 30.4 Å². The predicted molar refractivity (Wildman–Crippen MR) is 54.2 cm³/mol. The van der Waals surface area contributed by atoms with E-state index in [2.05, 4.69) is 11.9 Å². The molecule has 0 aliphatic carbocycles. The summed E-state index contributed by atoms with van der Waals surface area (Å²) in [5.74, 6) is 2.05. The molecule has 0 atom stereocenters. The summed E-state index contributed by atoms with van der Waals surface area (Å²) >= 11 is 1.86. The third kappa shape index (κ3) is 2.83. The first-order chi connectivity index (χ1) is 5.84. The van der Waals surface area contributed by atoms with Crippen molar-refractivity contribution in [3.05, 3.63) is 29.6 Å². The molecule has 1 heterocycles. The Morgan fingerprint density at radius 3 is 3.08 bits per heavy atom. The molecule has 0 aromatic carbocycles. The number of aryl methyl sites for hydroxylation is 1. The van der Waals surface area contributed by atoms with Crippen molar-refractivity contribution in [3.8, 4) is 0 Å². The SMILES string of the molecule is Cc1ccncc1CSCCN. The molecule has 0 amide bonds. The zero-order valence-electron chi connectivity index (χ0n) is 7.29. The number of pyridine rings is 1. The number of aromatic nitrogens is 1. The van der Waals surface area contributed by atoms with E-state index < -0.39 is 0 Å². The molecular weight excluding hydrogens is 168 g/mol. The van der Waals surface area contributed by atoms with Gasteiger partial charge in [-0.15, -0.1) is 0 Å². The zero-order valence-corrected chi connectivity index (χ0v) is 8.10. The molecule has 2 N–H and O–H groups in total. The molecule has 0 saturated heterocycles. The van der Waals surface area contributed by atoms with Gasteiger partial charge in [0.25, 0.3) is 0 Å². The average Bonchev–Trinajstić information content (AvgIpc) is 2.09. The standard InChI is InChI=1S/C9H14N2S/c1-8-2-4-11-6-9(8)7-12-5-3-10/h2,4,6H,3,5,7,10H2,1H3. The highest BCUT2D eigenvalue weighted by atomic mass is 32.2. The molecule has 0 bridgehead atoms. The van der Waals surface area contributed by atoms with Gasteiger partial charge in [0.1, 0.15) is 0 Å². The quantitative estimate of drug-likeness (QED) is 0.719. The lowest BCUT2D eigenvalue weighted by atomic mass is 10.2. The van der Waals surface area contributed by atoms with Crippen molar-refractivity contribution < 1.29 is 0 Å². The minimum absolute atomic E-state index is 0.754. The summed E-state index contributed by atoms with van der Waals surface area (Å²) in [7, 11) is 0. The number of rotatable bonds is 4. The maximum absolute atomic E-state index is 5.39. The third-order valence-electron chi connectivity index (χ3n) is 1.67. The minimum atomic E-state index is 0.754. The van der Waals surface area contributed by atoms with Gasteiger partial charge in [-0.1, -0.05) is 0 Å². The van der Waals surface area contributed by atoms with Gasteiger partial charge in [0.15, 0.2) is 0 Å². The lowest BCUT2D eigenvalue weighted by Gasteiger charge is -2.02. The molecule has 0 aliphatic heterocycles. The maximum Gasteiger partial charge on any atom is 0.0310 e. The smallest absolute Gasteiger partial charge is 0.0310 e. The van der Waals surface area contributed by atoms with E-state index in [0.29, 0.717) is 0 Å². The zero-order chi connectivity index (χ0) is 8.81. The van der Waals surface area contributed by atoms with Gasteiger partial charge in [0.2, 0.25) is 0 Å². The first-order valence-corrected chi connectivity index (χ1v) is 5.17. The van der Waals surface area contributed by atoms with Gasteiger partial charge in [-0.3, -0.25) is 4.98 Å². The minimum Gasteiger partial charge on any atom is -0.330 e. The first kappa shape index (κ1) is 9.55. The van der Waals surface area contributed by atoms with Crippen LogP contribution >= 0.6 is 11.8 Å². The Labute approximate surface area is 77.6 Å². The fraction of sp³-hybridized carbons (Fsp3) is 0.444. The van der Waals surface area contributed by atoms with Crippen LogP contribution in [-0.2, 0) is 5.75 Å². The van der Waals surface area contributed by atoms with Crippen LogP contribution in [-0.4, -0.2) is 17.3 Å². The molecule has 0 saturated carbocycles. The number of nitrogens with zero attached hydrogens (tertiary/aromatic N) is 1. The van der Waals surface area contributed by atoms with E-state index in [1.165, 1.54) is 11.1 Å². The summed E-state index contributed by atoms with van der Waals surface area (Å²) in [4.78, 5) is 4.08.